The molecule has 0 aliphatic carbocycles. The fraction of sp³-hybridized carbons (Fsp3) is 0.556. The third kappa shape index (κ3) is 1.48. The summed E-state index contributed by atoms with van der Waals surface area (Å²) < 4.78 is 1.91. The largest absolute Gasteiger partial charge is 0.318 e. The molecule has 0 amide bonds. The van der Waals surface area contributed by atoms with Crippen molar-refractivity contribution in [2.45, 2.75) is 32.7 Å². The number of nitriles is 1. The Morgan fingerprint density at radius 1 is 1.50 bits per heavy atom. The van der Waals surface area contributed by atoms with Gasteiger partial charge >= 0.3 is 0 Å². The molecule has 0 N–H and O–H groups in total. The molecule has 0 aromatic carbocycles. The summed E-state index contributed by atoms with van der Waals surface area (Å²) in [4.78, 5) is 4.20. The molecule has 1 aromatic rings. The Labute approximate surface area is 72.7 Å². The van der Waals surface area contributed by atoms with Crippen molar-refractivity contribution in [3.05, 3.63) is 18.2 Å². The van der Waals surface area contributed by atoms with E-state index in [2.05, 4.69) is 24.9 Å². The maximum Gasteiger partial charge on any atom is 0.119 e. The summed E-state index contributed by atoms with van der Waals surface area (Å²) >= 11 is 0. The molecular formula is C9H13N3. The van der Waals surface area contributed by atoms with E-state index in [4.69, 9.17) is 5.26 Å². The Hall–Kier alpha value is -1.30. The molecular weight excluding hydrogens is 150 g/mol. The normalized spacial score (nSPS) is 12.9. The van der Waals surface area contributed by atoms with Crippen molar-refractivity contribution >= 4 is 0 Å². The van der Waals surface area contributed by atoms with Crippen molar-refractivity contribution in [3.63, 3.8) is 0 Å². The molecule has 0 fully saturated rings. The van der Waals surface area contributed by atoms with Gasteiger partial charge in [-0.05, 0) is 6.92 Å². The van der Waals surface area contributed by atoms with Gasteiger partial charge in [0.2, 0.25) is 0 Å². The van der Waals surface area contributed by atoms with Gasteiger partial charge in [-0.2, -0.15) is 5.26 Å². The highest BCUT2D eigenvalue weighted by atomic mass is 15.1. The van der Waals surface area contributed by atoms with Crippen molar-refractivity contribution < 1.29 is 0 Å². The van der Waals surface area contributed by atoms with Gasteiger partial charge in [-0.25, -0.2) is 4.98 Å². The molecule has 0 saturated carbocycles. The van der Waals surface area contributed by atoms with Gasteiger partial charge in [0.1, 0.15) is 11.9 Å². The first kappa shape index (κ1) is 8.79. The second kappa shape index (κ2) is 3.40. The first-order chi connectivity index (χ1) is 5.66. The third-order valence-electron chi connectivity index (χ3n) is 1.82. The standard InChI is InChI=1S/C9H13N3/c1-7(2)9-11-4-5-12(9)8(3)6-10/h4-5,7-8H,1-3H3. The van der Waals surface area contributed by atoms with Crippen molar-refractivity contribution in [2.24, 2.45) is 0 Å². The summed E-state index contributed by atoms with van der Waals surface area (Å²) in [6.45, 7) is 6.01. The molecule has 64 valence electrons. The number of imidazole rings is 1. The van der Waals surface area contributed by atoms with Gasteiger partial charge in [0, 0.05) is 18.3 Å². The Balaban J connectivity index is 3.01. The molecule has 1 rings (SSSR count). The number of rotatable bonds is 2. The summed E-state index contributed by atoms with van der Waals surface area (Å²) in [5.74, 6) is 1.35. The average Bonchev–Trinajstić information content (AvgIpc) is 2.50. The van der Waals surface area contributed by atoms with E-state index in [1.165, 1.54) is 0 Å². The topological polar surface area (TPSA) is 41.6 Å². The van der Waals surface area contributed by atoms with E-state index in [0.717, 1.165) is 5.82 Å². The van der Waals surface area contributed by atoms with Crippen LogP contribution in [0, 0.1) is 11.3 Å². The summed E-state index contributed by atoms with van der Waals surface area (Å²) in [7, 11) is 0. The number of nitrogens with zero attached hydrogens (tertiary/aromatic N) is 3. The van der Waals surface area contributed by atoms with Crippen LogP contribution in [0.2, 0.25) is 0 Å². The monoisotopic (exact) mass is 163 g/mol. The molecule has 3 nitrogen and oxygen atoms in total. The average molecular weight is 163 g/mol. The lowest BCUT2D eigenvalue weighted by Gasteiger charge is -2.11. The first-order valence-corrected chi connectivity index (χ1v) is 4.09. The van der Waals surface area contributed by atoms with Crippen LogP contribution in [0.25, 0.3) is 0 Å². The Kier molecular flexibility index (Phi) is 2.49. The van der Waals surface area contributed by atoms with Gasteiger partial charge in [-0.1, -0.05) is 13.8 Å². The minimum absolute atomic E-state index is 0.120. The Bertz CT molecular complexity index is 293. The maximum atomic E-state index is 8.71. The van der Waals surface area contributed by atoms with Crippen molar-refractivity contribution in [3.8, 4) is 6.07 Å². The molecule has 0 aliphatic heterocycles. The molecule has 0 radical (unpaired) electrons. The number of hydrogen-bond acceptors (Lipinski definition) is 2. The molecule has 0 bridgehead atoms. The highest BCUT2D eigenvalue weighted by Gasteiger charge is 2.10. The fourth-order valence-corrected chi connectivity index (χ4v) is 1.16. The van der Waals surface area contributed by atoms with Crippen molar-refractivity contribution in [1.29, 1.82) is 5.26 Å². The predicted octanol–water partition coefficient (Wildman–Crippen LogP) is 2.09. The van der Waals surface area contributed by atoms with Crippen LogP contribution in [0.4, 0.5) is 0 Å². The van der Waals surface area contributed by atoms with Gasteiger partial charge in [-0.3, -0.25) is 0 Å². The second-order valence-corrected chi connectivity index (χ2v) is 3.15. The van der Waals surface area contributed by atoms with Crippen molar-refractivity contribution in [2.75, 3.05) is 0 Å². The van der Waals surface area contributed by atoms with E-state index in [-0.39, 0.29) is 6.04 Å². The summed E-state index contributed by atoms with van der Waals surface area (Å²) in [6, 6.07) is 2.07. The minimum Gasteiger partial charge on any atom is -0.318 e. The van der Waals surface area contributed by atoms with Gasteiger partial charge in [0.15, 0.2) is 0 Å². The van der Waals surface area contributed by atoms with E-state index >= 15 is 0 Å². The van der Waals surface area contributed by atoms with Crippen LogP contribution in [-0.4, -0.2) is 9.55 Å². The quantitative estimate of drug-likeness (QED) is 0.669. The zero-order chi connectivity index (χ0) is 9.14. The lowest BCUT2D eigenvalue weighted by molar-refractivity contribution is 0.601. The lowest BCUT2D eigenvalue weighted by Crippen LogP contribution is -2.07. The summed E-state index contributed by atoms with van der Waals surface area (Å²) in [5, 5.41) is 8.71. The molecule has 1 heterocycles. The lowest BCUT2D eigenvalue weighted by atomic mass is 10.2. The van der Waals surface area contributed by atoms with Crippen LogP contribution in [-0.2, 0) is 0 Å². The van der Waals surface area contributed by atoms with Crippen LogP contribution >= 0.6 is 0 Å². The zero-order valence-electron chi connectivity index (χ0n) is 7.65. The fourth-order valence-electron chi connectivity index (χ4n) is 1.16. The zero-order valence-corrected chi connectivity index (χ0v) is 7.65. The van der Waals surface area contributed by atoms with E-state index in [1.807, 2.05) is 17.7 Å². The predicted molar refractivity (Wildman–Crippen MR) is 46.6 cm³/mol. The van der Waals surface area contributed by atoms with E-state index in [1.54, 1.807) is 6.20 Å². The molecule has 0 saturated heterocycles. The van der Waals surface area contributed by atoms with Crippen molar-refractivity contribution in [1.82, 2.24) is 9.55 Å². The van der Waals surface area contributed by atoms with E-state index < -0.39 is 0 Å². The molecule has 12 heavy (non-hydrogen) atoms. The highest BCUT2D eigenvalue weighted by Crippen LogP contribution is 2.15. The smallest absolute Gasteiger partial charge is 0.119 e. The Morgan fingerprint density at radius 3 is 2.67 bits per heavy atom. The molecule has 0 aliphatic rings. The van der Waals surface area contributed by atoms with Crippen LogP contribution in [0.3, 0.4) is 0 Å². The van der Waals surface area contributed by atoms with Gasteiger partial charge in [-0.15, -0.1) is 0 Å². The van der Waals surface area contributed by atoms with Gasteiger partial charge < -0.3 is 4.57 Å². The van der Waals surface area contributed by atoms with Crippen LogP contribution < -0.4 is 0 Å². The second-order valence-electron chi connectivity index (χ2n) is 3.15. The first-order valence-electron chi connectivity index (χ1n) is 4.09. The SMILES string of the molecule is CC(C)c1nccn1C(C)C#N. The van der Waals surface area contributed by atoms with E-state index in [9.17, 15) is 0 Å². The van der Waals surface area contributed by atoms with Crippen LogP contribution in [0.1, 0.15) is 38.6 Å². The third-order valence-corrected chi connectivity index (χ3v) is 1.82. The molecule has 0 spiro atoms. The molecule has 1 atom stereocenters. The summed E-state index contributed by atoms with van der Waals surface area (Å²) in [6.07, 6.45) is 3.59. The highest BCUT2D eigenvalue weighted by molar-refractivity contribution is 5.03. The van der Waals surface area contributed by atoms with Crippen LogP contribution in [0.15, 0.2) is 12.4 Å². The molecule has 1 aromatic heterocycles. The van der Waals surface area contributed by atoms with E-state index in [0.29, 0.717) is 5.92 Å². The minimum atomic E-state index is -0.120. The maximum absolute atomic E-state index is 8.71. The van der Waals surface area contributed by atoms with Gasteiger partial charge in [0.25, 0.3) is 0 Å². The van der Waals surface area contributed by atoms with Gasteiger partial charge in [0.05, 0.1) is 6.07 Å². The molecule has 3 heteroatoms. The molecule has 1 unspecified atom stereocenters. The van der Waals surface area contributed by atoms with Crippen LogP contribution in [0.5, 0.6) is 0 Å². The Morgan fingerprint density at radius 2 is 2.17 bits per heavy atom. The summed E-state index contributed by atoms with van der Waals surface area (Å²) in [5.41, 5.74) is 0. The number of hydrogen-bond donors (Lipinski definition) is 0. The number of aromatic nitrogens is 2.